The first kappa shape index (κ1) is 25.3. The van der Waals surface area contributed by atoms with Gasteiger partial charge in [0.15, 0.2) is 0 Å². The molecule has 7 nitrogen and oxygen atoms in total. The van der Waals surface area contributed by atoms with Crippen molar-refractivity contribution in [2.75, 3.05) is 20.2 Å². The fraction of sp³-hybridized carbons (Fsp3) is 0.444. The van der Waals surface area contributed by atoms with Gasteiger partial charge in [-0.1, -0.05) is 42.6 Å². The van der Waals surface area contributed by atoms with Gasteiger partial charge in [0, 0.05) is 36.3 Å². The minimum atomic E-state index is -4.48. The van der Waals surface area contributed by atoms with Crippen molar-refractivity contribution in [3.63, 3.8) is 0 Å². The summed E-state index contributed by atoms with van der Waals surface area (Å²) in [6, 6.07) is 9.67. The Balaban J connectivity index is 1.37. The van der Waals surface area contributed by atoms with Crippen LogP contribution in [-0.4, -0.2) is 46.3 Å². The average molecular weight is 516 g/mol. The van der Waals surface area contributed by atoms with Crippen molar-refractivity contribution in [3.05, 3.63) is 53.1 Å². The summed E-state index contributed by atoms with van der Waals surface area (Å²) in [4.78, 5) is 17.4. The highest BCUT2D eigenvalue weighted by Gasteiger charge is 2.36. The molecule has 0 unspecified atom stereocenters. The minimum absolute atomic E-state index is 0.0130. The van der Waals surface area contributed by atoms with Gasteiger partial charge in [-0.3, -0.25) is 9.69 Å². The fourth-order valence-corrected chi connectivity index (χ4v) is 5.27. The lowest BCUT2D eigenvalue weighted by molar-refractivity contribution is -0.147. The van der Waals surface area contributed by atoms with E-state index in [9.17, 15) is 18.0 Å². The third-order valence-electron chi connectivity index (χ3n) is 7.32. The Morgan fingerprint density at radius 2 is 1.84 bits per heavy atom. The van der Waals surface area contributed by atoms with Crippen molar-refractivity contribution in [1.82, 2.24) is 15.0 Å². The van der Waals surface area contributed by atoms with Gasteiger partial charge in [-0.2, -0.15) is 18.2 Å². The Kier molecular flexibility index (Phi) is 6.94. The molecule has 2 fully saturated rings. The lowest BCUT2D eigenvalue weighted by Crippen LogP contribution is -2.49. The van der Waals surface area contributed by atoms with Crippen LogP contribution in [0.3, 0.4) is 0 Å². The summed E-state index contributed by atoms with van der Waals surface area (Å²) < 4.78 is 52.7. The lowest BCUT2D eigenvalue weighted by atomic mass is 9.81. The van der Waals surface area contributed by atoms with Crippen molar-refractivity contribution in [2.45, 2.75) is 50.7 Å². The number of aliphatic carboxylic acids is 1. The molecule has 0 amide bonds. The third kappa shape index (κ3) is 5.34. The molecule has 0 bridgehead atoms. The zero-order valence-electron chi connectivity index (χ0n) is 20.4. The van der Waals surface area contributed by atoms with E-state index in [2.05, 4.69) is 10.1 Å². The molecule has 1 saturated heterocycles. The molecule has 1 N–H and O–H groups in total. The number of nitrogens with zero attached hydrogens (tertiary/aromatic N) is 3. The molecule has 1 aromatic heterocycles. The molecule has 0 radical (unpaired) electrons. The first-order chi connectivity index (χ1) is 17.7. The molecular weight excluding hydrogens is 487 g/mol. The number of ether oxygens (including phenoxy) is 1. The number of hydrogen-bond donors (Lipinski definition) is 1. The van der Waals surface area contributed by atoms with Crippen molar-refractivity contribution < 1.29 is 32.3 Å². The van der Waals surface area contributed by atoms with E-state index in [1.807, 2.05) is 11.0 Å². The Bertz CT molecular complexity index is 1280. The van der Waals surface area contributed by atoms with Crippen LogP contribution in [0.1, 0.15) is 54.7 Å². The van der Waals surface area contributed by atoms with Crippen molar-refractivity contribution in [3.8, 4) is 28.6 Å². The number of methoxy groups -OCH3 is 1. The predicted molar refractivity (Wildman–Crippen MR) is 129 cm³/mol. The summed E-state index contributed by atoms with van der Waals surface area (Å²) in [5.74, 6) is -0.400. The number of likely N-dealkylation sites (tertiary alicyclic amines) is 1. The number of benzene rings is 2. The molecule has 2 aromatic carbocycles. The summed E-state index contributed by atoms with van der Waals surface area (Å²) >= 11 is 0. The van der Waals surface area contributed by atoms with Crippen LogP contribution < -0.4 is 4.74 Å². The highest BCUT2D eigenvalue weighted by molar-refractivity contribution is 5.71. The van der Waals surface area contributed by atoms with E-state index in [1.165, 1.54) is 7.11 Å². The topological polar surface area (TPSA) is 88.7 Å². The number of halogens is 3. The normalized spacial score (nSPS) is 17.5. The minimum Gasteiger partial charge on any atom is -0.496 e. The molecule has 196 valence electrons. The van der Waals surface area contributed by atoms with Crippen LogP contribution in [-0.2, 0) is 17.5 Å². The summed E-state index contributed by atoms with van der Waals surface area (Å²) in [7, 11) is 1.53. The van der Waals surface area contributed by atoms with Gasteiger partial charge in [0.2, 0.25) is 5.82 Å². The standard InChI is InChI=1S/C27H28F3N3O4/c1-36-23-12-17(7-8-19(23)13-33-14-20(15-33)26(34)35)24-31-25(37-32-24)18-9-10-21(16-5-3-2-4-6-16)22(11-18)27(28,29)30/h7-12,16,20H,2-6,13-15H2,1H3,(H,34,35). The summed E-state index contributed by atoms with van der Waals surface area (Å²) in [6.45, 7) is 1.50. The maximum absolute atomic E-state index is 14.0. The van der Waals surface area contributed by atoms with E-state index in [0.29, 0.717) is 36.5 Å². The third-order valence-corrected chi connectivity index (χ3v) is 7.32. The van der Waals surface area contributed by atoms with Crippen molar-refractivity contribution in [2.24, 2.45) is 5.92 Å². The molecule has 1 aliphatic carbocycles. The zero-order valence-corrected chi connectivity index (χ0v) is 20.4. The van der Waals surface area contributed by atoms with Crippen LogP contribution in [0.25, 0.3) is 22.8 Å². The maximum Gasteiger partial charge on any atom is 0.416 e. The van der Waals surface area contributed by atoms with Gasteiger partial charge in [-0.15, -0.1) is 0 Å². The van der Waals surface area contributed by atoms with E-state index in [-0.39, 0.29) is 29.1 Å². The van der Waals surface area contributed by atoms with E-state index in [1.54, 1.807) is 24.3 Å². The number of rotatable bonds is 7. The van der Waals surface area contributed by atoms with Crippen LogP contribution in [0, 0.1) is 5.92 Å². The molecule has 37 heavy (non-hydrogen) atoms. The van der Waals surface area contributed by atoms with Gasteiger partial charge in [0.05, 0.1) is 18.6 Å². The van der Waals surface area contributed by atoms with Gasteiger partial charge in [0.1, 0.15) is 5.75 Å². The molecule has 10 heteroatoms. The SMILES string of the molecule is COc1cc(-c2noc(-c3ccc(C4CCCCC4)c(C(F)(F)F)c3)n2)ccc1CN1CC(C(=O)O)C1. The Hall–Kier alpha value is -3.40. The number of hydrogen-bond acceptors (Lipinski definition) is 6. The van der Waals surface area contributed by atoms with Gasteiger partial charge in [-0.05, 0) is 42.5 Å². The van der Waals surface area contributed by atoms with Crippen LogP contribution in [0.15, 0.2) is 40.9 Å². The van der Waals surface area contributed by atoms with E-state index >= 15 is 0 Å². The zero-order chi connectivity index (χ0) is 26.2. The van der Waals surface area contributed by atoms with E-state index in [0.717, 1.165) is 43.7 Å². The Morgan fingerprint density at radius 1 is 1.11 bits per heavy atom. The molecule has 2 heterocycles. The maximum atomic E-state index is 14.0. The number of carboxylic acid groups (broad SMARTS) is 1. The Morgan fingerprint density at radius 3 is 2.51 bits per heavy atom. The lowest BCUT2D eigenvalue weighted by Gasteiger charge is -2.36. The molecular formula is C27H28F3N3O4. The van der Waals surface area contributed by atoms with Crippen LogP contribution in [0.4, 0.5) is 13.2 Å². The second kappa shape index (κ2) is 10.2. The average Bonchev–Trinajstić information content (AvgIpc) is 3.36. The van der Waals surface area contributed by atoms with Gasteiger partial charge < -0.3 is 14.4 Å². The summed E-state index contributed by atoms with van der Waals surface area (Å²) in [5, 5.41) is 13.1. The number of carboxylic acids is 1. The van der Waals surface area contributed by atoms with Crippen LogP contribution >= 0.6 is 0 Å². The second-order valence-corrected chi connectivity index (χ2v) is 9.81. The van der Waals surface area contributed by atoms with Crippen LogP contribution in [0.5, 0.6) is 5.75 Å². The Labute approximate surface area is 212 Å². The summed E-state index contributed by atoms with van der Waals surface area (Å²) in [6.07, 6.45) is 0.0111. The first-order valence-corrected chi connectivity index (χ1v) is 12.4. The highest BCUT2D eigenvalue weighted by Crippen LogP contribution is 2.42. The van der Waals surface area contributed by atoms with Gasteiger partial charge in [0.25, 0.3) is 5.89 Å². The van der Waals surface area contributed by atoms with Gasteiger partial charge in [-0.25, -0.2) is 0 Å². The number of carbonyl (C=O) groups is 1. The number of alkyl halides is 3. The fourth-order valence-electron chi connectivity index (χ4n) is 5.27. The highest BCUT2D eigenvalue weighted by atomic mass is 19.4. The molecule has 3 aromatic rings. The largest absolute Gasteiger partial charge is 0.496 e. The molecule has 0 atom stereocenters. The molecule has 0 spiro atoms. The predicted octanol–water partition coefficient (Wildman–Crippen LogP) is 6.00. The van der Waals surface area contributed by atoms with Crippen LogP contribution in [0.2, 0.25) is 0 Å². The van der Waals surface area contributed by atoms with Crippen molar-refractivity contribution >= 4 is 5.97 Å². The second-order valence-electron chi connectivity index (χ2n) is 9.81. The monoisotopic (exact) mass is 515 g/mol. The molecule has 1 aliphatic heterocycles. The van der Waals surface area contributed by atoms with E-state index in [4.69, 9.17) is 14.4 Å². The van der Waals surface area contributed by atoms with Gasteiger partial charge >= 0.3 is 12.1 Å². The molecule has 5 rings (SSSR count). The quantitative estimate of drug-likeness (QED) is 0.413. The van der Waals surface area contributed by atoms with Crippen molar-refractivity contribution in [1.29, 1.82) is 0 Å². The smallest absolute Gasteiger partial charge is 0.416 e. The number of aromatic nitrogens is 2. The first-order valence-electron chi connectivity index (χ1n) is 12.4. The van der Waals surface area contributed by atoms with E-state index < -0.39 is 17.7 Å². The molecule has 1 saturated carbocycles. The summed E-state index contributed by atoms with van der Waals surface area (Å²) in [5.41, 5.74) is 1.40. The molecule has 2 aliphatic rings.